The van der Waals surface area contributed by atoms with Gasteiger partial charge in [-0.3, -0.25) is 9.59 Å². The Morgan fingerprint density at radius 2 is 1.57 bits per heavy atom. The van der Waals surface area contributed by atoms with E-state index in [0.717, 1.165) is 18.2 Å². The predicted octanol–water partition coefficient (Wildman–Crippen LogP) is 5.13. The molecule has 0 spiro atoms. The minimum atomic E-state index is -4.84. The van der Waals surface area contributed by atoms with Gasteiger partial charge in [-0.2, -0.15) is 13.2 Å². The second-order valence-corrected chi connectivity index (χ2v) is 7.38. The van der Waals surface area contributed by atoms with Crippen LogP contribution < -0.4 is 24.8 Å². The van der Waals surface area contributed by atoms with Crippen molar-refractivity contribution in [3.05, 3.63) is 77.1 Å². The van der Waals surface area contributed by atoms with E-state index in [9.17, 15) is 27.2 Å². The van der Waals surface area contributed by atoms with E-state index in [1.807, 2.05) is 0 Å². The number of rotatable bonds is 5. The van der Waals surface area contributed by atoms with Crippen molar-refractivity contribution in [2.24, 2.45) is 0 Å². The first-order valence-corrected chi connectivity index (χ1v) is 10.2. The van der Waals surface area contributed by atoms with Crippen LogP contribution >= 0.6 is 0 Å². The summed E-state index contributed by atoms with van der Waals surface area (Å²) in [5, 5.41) is 4.58. The Balaban J connectivity index is 1.59. The molecule has 182 valence electrons. The molecule has 0 atom stereocenters. The maximum Gasteiger partial charge on any atom is 0.418 e. The molecule has 1 aliphatic heterocycles. The van der Waals surface area contributed by atoms with E-state index >= 15 is 0 Å². The summed E-state index contributed by atoms with van der Waals surface area (Å²) in [7, 11) is 1.36. The number of hydrogen-bond acceptors (Lipinski definition) is 5. The van der Waals surface area contributed by atoms with Gasteiger partial charge in [0, 0.05) is 16.8 Å². The van der Waals surface area contributed by atoms with Crippen LogP contribution in [0.5, 0.6) is 17.2 Å². The number of alkyl halides is 3. The average molecular weight is 490 g/mol. The van der Waals surface area contributed by atoms with Gasteiger partial charge in [0.05, 0.1) is 18.4 Å². The molecule has 2 amide bonds. The lowest BCUT2D eigenvalue weighted by Crippen LogP contribution is -2.20. The van der Waals surface area contributed by atoms with Gasteiger partial charge in [0.1, 0.15) is 19.0 Å². The molecule has 0 unspecified atom stereocenters. The molecule has 0 radical (unpaired) electrons. The highest BCUT2D eigenvalue weighted by Crippen LogP contribution is 2.41. The number of anilines is 2. The van der Waals surface area contributed by atoms with E-state index in [1.54, 1.807) is 0 Å². The number of hydrogen-bond donors (Lipinski definition) is 2. The monoisotopic (exact) mass is 490 g/mol. The predicted molar refractivity (Wildman–Crippen MR) is 118 cm³/mol. The van der Waals surface area contributed by atoms with Gasteiger partial charge in [0.25, 0.3) is 11.8 Å². The van der Waals surface area contributed by atoms with E-state index < -0.39 is 35.1 Å². The molecule has 4 rings (SSSR count). The fourth-order valence-corrected chi connectivity index (χ4v) is 3.37. The van der Waals surface area contributed by atoms with Crippen LogP contribution in [0.4, 0.5) is 28.9 Å². The maximum absolute atomic E-state index is 13.8. The number of benzene rings is 3. The van der Waals surface area contributed by atoms with Crippen LogP contribution in [0.2, 0.25) is 0 Å². The average Bonchev–Trinajstić information content (AvgIpc) is 2.83. The third-order valence-corrected chi connectivity index (χ3v) is 5.03. The lowest BCUT2D eigenvalue weighted by molar-refractivity contribution is -0.136. The van der Waals surface area contributed by atoms with Gasteiger partial charge in [-0.15, -0.1) is 0 Å². The lowest BCUT2D eigenvalue weighted by Gasteiger charge is -2.21. The molecular weight excluding hydrogens is 472 g/mol. The van der Waals surface area contributed by atoms with Crippen molar-refractivity contribution in [3.63, 3.8) is 0 Å². The summed E-state index contributed by atoms with van der Waals surface area (Å²) in [5.74, 6) is -1.39. The SMILES string of the molecule is COc1cc(C(=O)Nc2ccc(NC(=O)c3ccc(F)cc3)cc2C(F)(F)F)cc2c1OCCO2. The van der Waals surface area contributed by atoms with E-state index in [1.165, 1.54) is 37.4 Å². The number of ether oxygens (including phenoxy) is 3. The summed E-state index contributed by atoms with van der Waals surface area (Å²) in [4.78, 5) is 25.1. The Hall–Kier alpha value is -4.28. The Morgan fingerprint density at radius 1 is 0.886 bits per heavy atom. The molecule has 3 aromatic carbocycles. The van der Waals surface area contributed by atoms with Gasteiger partial charge in [0.15, 0.2) is 11.5 Å². The largest absolute Gasteiger partial charge is 0.493 e. The van der Waals surface area contributed by atoms with Crippen molar-refractivity contribution in [1.82, 2.24) is 0 Å². The van der Waals surface area contributed by atoms with Gasteiger partial charge in [-0.1, -0.05) is 0 Å². The van der Waals surface area contributed by atoms with Gasteiger partial charge in [-0.25, -0.2) is 4.39 Å². The molecule has 0 saturated carbocycles. The minimum absolute atomic E-state index is 0.00656. The van der Waals surface area contributed by atoms with Gasteiger partial charge in [0.2, 0.25) is 5.75 Å². The van der Waals surface area contributed by atoms with Crippen molar-refractivity contribution in [3.8, 4) is 17.2 Å². The fourth-order valence-electron chi connectivity index (χ4n) is 3.37. The number of halogens is 4. The molecule has 3 aromatic rings. The second kappa shape index (κ2) is 9.53. The molecule has 1 heterocycles. The Labute approximate surface area is 196 Å². The van der Waals surface area contributed by atoms with Crippen LogP contribution in [0, 0.1) is 5.82 Å². The molecule has 0 aromatic heterocycles. The highest BCUT2D eigenvalue weighted by molar-refractivity contribution is 6.06. The molecule has 2 N–H and O–H groups in total. The molecule has 0 saturated heterocycles. The summed E-state index contributed by atoms with van der Waals surface area (Å²) in [6, 6.07) is 10.1. The first-order valence-electron chi connectivity index (χ1n) is 10.2. The summed E-state index contributed by atoms with van der Waals surface area (Å²) in [6.45, 7) is 0.526. The van der Waals surface area contributed by atoms with Crippen molar-refractivity contribution in [2.45, 2.75) is 6.18 Å². The standard InChI is InChI=1S/C24H18F4N2O5/c1-33-19-10-14(11-20-21(19)35-9-8-34-20)23(32)30-18-7-6-16(12-17(18)24(26,27)28)29-22(31)13-2-4-15(25)5-3-13/h2-7,10-12H,8-9H2,1H3,(H,29,31)(H,30,32). The van der Waals surface area contributed by atoms with Crippen molar-refractivity contribution < 1.29 is 41.4 Å². The van der Waals surface area contributed by atoms with Gasteiger partial charge < -0.3 is 24.8 Å². The third-order valence-electron chi connectivity index (χ3n) is 5.03. The van der Waals surface area contributed by atoms with Crippen LogP contribution in [0.1, 0.15) is 26.3 Å². The Kier molecular flexibility index (Phi) is 6.50. The zero-order valence-electron chi connectivity index (χ0n) is 18.2. The molecule has 11 heteroatoms. The number of methoxy groups -OCH3 is 1. The van der Waals surface area contributed by atoms with Crippen LogP contribution in [-0.4, -0.2) is 32.1 Å². The summed E-state index contributed by atoms with van der Waals surface area (Å²) in [5.41, 5.74) is -1.80. The quantitative estimate of drug-likeness (QED) is 0.485. The zero-order chi connectivity index (χ0) is 25.2. The minimum Gasteiger partial charge on any atom is -0.493 e. The Morgan fingerprint density at radius 3 is 2.26 bits per heavy atom. The highest BCUT2D eigenvalue weighted by Gasteiger charge is 2.35. The molecule has 0 fully saturated rings. The van der Waals surface area contributed by atoms with E-state index in [-0.39, 0.29) is 41.5 Å². The summed E-state index contributed by atoms with van der Waals surface area (Å²) < 4.78 is 70.5. The molecule has 7 nitrogen and oxygen atoms in total. The van der Waals surface area contributed by atoms with Crippen LogP contribution in [0.15, 0.2) is 54.6 Å². The molecule has 0 aliphatic carbocycles. The smallest absolute Gasteiger partial charge is 0.418 e. The van der Waals surface area contributed by atoms with Crippen LogP contribution in [0.3, 0.4) is 0 Å². The number of fused-ring (bicyclic) bond motifs is 1. The van der Waals surface area contributed by atoms with Crippen molar-refractivity contribution in [1.29, 1.82) is 0 Å². The number of carbonyl (C=O) groups excluding carboxylic acids is 2. The van der Waals surface area contributed by atoms with Crippen LogP contribution in [-0.2, 0) is 6.18 Å². The zero-order valence-corrected chi connectivity index (χ0v) is 18.2. The second-order valence-electron chi connectivity index (χ2n) is 7.38. The molecule has 35 heavy (non-hydrogen) atoms. The first-order chi connectivity index (χ1) is 16.7. The third kappa shape index (κ3) is 5.29. The first kappa shape index (κ1) is 23.9. The van der Waals surface area contributed by atoms with E-state index in [4.69, 9.17) is 14.2 Å². The van der Waals surface area contributed by atoms with Gasteiger partial charge >= 0.3 is 6.18 Å². The van der Waals surface area contributed by atoms with Gasteiger partial charge in [-0.05, 0) is 54.6 Å². The van der Waals surface area contributed by atoms with E-state index in [0.29, 0.717) is 11.8 Å². The molecular formula is C24H18F4N2O5. The van der Waals surface area contributed by atoms with Crippen LogP contribution in [0.25, 0.3) is 0 Å². The topological polar surface area (TPSA) is 85.9 Å². The lowest BCUT2D eigenvalue weighted by atomic mass is 10.1. The Bertz CT molecular complexity index is 1260. The molecule has 0 bridgehead atoms. The maximum atomic E-state index is 13.8. The fraction of sp³-hybridized carbons (Fsp3) is 0.167. The van der Waals surface area contributed by atoms with Crippen molar-refractivity contribution >= 4 is 23.2 Å². The molecule has 1 aliphatic rings. The van der Waals surface area contributed by atoms with Crippen molar-refractivity contribution in [2.75, 3.05) is 31.0 Å². The summed E-state index contributed by atoms with van der Waals surface area (Å²) in [6.07, 6.45) is -4.84. The summed E-state index contributed by atoms with van der Waals surface area (Å²) >= 11 is 0. The number of amides is 2. The highest BCUT2D eigenvalue weighted by atomic mass is 19.4. The number of nitrogens with one attached hydrogen (secondary N) is 2. The number of carbonyl (C=O) groups is 2. The normalized spacial score (nSPS) is 12.6. The van der Waals surface area contributed by atoms with E-state index in [2.05, 4.69) is 10.6 Å².